The molecule has 0 aromatic rings. The second kappa shape index (κ2) is 9.95. The Bertz CT molecular complexity index is 916. The van der Waals surface area contributed by atoms with Crippen LogP contribution in [0, 0.1) is 5.41 Å². The molecule has 0 fully saturated rings. The third-order valence-electron chi connectivity index (χ3n) is 3.97. The summed E-state index contributed by atoms with van der Waals surface area (Å²) < 4.78 is 244. The van der Waals surface area contributed by atoms with E-state index in [0.29, 0.717) is 5.41 Å². The van der Waals surface area contributed by atoms with E-state index in [2.05, 4.69) is 41.9 Å². The molecule has 0 spiro atoms. The number of nitrogens with zero attached hydrogens (tertiary/aromatic N) is 1. The maximum absolute atomic E-state index is 13.0. The van der Waals surface area contributed by atoms with Crippen molar-refractivity contribution in [3.05, 3.63) is 0 Å². The zero-order valence-corrected chi connectivity index (χ0v) is 20.6. The van der Waals surface area contributed by atoms with E-state index >= 15 is 0 Å². The summed E-state index contributed by atoms with van der Waals surface area (Å²) in [5.74, 6) is -52.0. The molecule has 0 unspecified atom stereocenters. The minimum Gasteiger partial charge on any atom is -0.330 e. The van der Waals surface area contributed by atoms with E-state index in [1.165, 1.54) is 6.54 Å². The maximum Gasteiger partial charge on any atom is 0.460 e. The zero-order chi connectivity index (χ0) is 32.2. The van der Waals surface area contributed by atoms with Crippen molar-refractivity contribution in [2.45, 2.75) is 67.7 Å². The molecule has 0 atom stereocenters. The molecule has 22 heteroatoms. The predicted octanol–water partition coefficient (Wildman–Crippen LogP) is 6.58. The topological polar surface area (TPSA) is 54.4 Å². The molecule has 38 heavy (non-hydrogen) atoms. The molecule has 232 valence electrons. The molecule has 1 N–H and O–H groups in total. The molecule has 0 saturated heterocycles. The SMILES string of the molecule is CC(C)(C)C[N+](C)(C)C.O=S(=O)(O)C(F)(F)C(F)(F)C(F)(F)C(F)(F)C(F)(F)C(F)(F)C(F)(F)C(F)(F)F. The average Bonchev–Trinajstić information content (AvgIpc) is 2.55. The van der Waals surface area contributed by atoms with E-state index < -0.39 is 57.1 Å². The number of quaternary nitrogens is 1. The smallest absolute Gasteiger partial charge is 0.330 e. The molecule has 4 nitrogen and oxygen atoms in total. The summed E-state index contributed by atoms with van der Waals surface area (Å²) in [7, 11) is -1.21. The fourth-order valence-corrected chi connectivity index (χ4v) is 3.19. The van der Waals surface area contributed by atoms with Crippen LogP contribution in [0.3, 0.4) is 0 Å². The zero-order valence-electron chi connectivity index (χ0n) is 19.8. The fraction of sp³-hybridized carbons (Fsp3) is 1.00. The Morgan fingerprint density at radius 3 is 0.921 bits per heavy atom. The quantitative estimate of drug-likeness (QED) is 0.187. The Labute approximate surface area is 204 Å². The average molecular weight is 630 g/mol. The van der Waals surface area contributed by atoms with Crippen LogP contribution >= 0.6 is 0 Å². The van der Waals surface area contributed by atoms with Crippen molar-refractivity contribution in [2.24, 2.45) is 5.41 Å². The first-order chi connectivity index (χ1) is 15.7. The molecule has 0 saturated carbocycles. The minimum absolute atomic E-state index is 0.457. The second-order valence-electron chi connectivity index (χ2n) is 9.95. The van der Waals surface area contributed by atoms with Crippen LogP contribution in [-0.4, -0.2) is 92.1 Å². The first kappa shape index (κ1) is 38.8. The molecule has 0 aliphatic heterocycles. The summed E-state index contributed by atoms with van der Waals surface area (Å²) in [6, 6.07) is 0. The highest BCUT2D eigenvalue weighted by molar-refractivity contribution is 7.87. The molecule has 0 bridgehead atoms. The van der Waals surface area contributed by atoms with E-state index in [0.717, 1.165) is 4.48 Å². The summed E-state index contributed by atoms with van der Waals surface area (Å²) in [4.78, 5) is 0. The van der Waals surface area contributed by atoms with Crippen molar-refractivity contribution >= 4 is 10.1 Å². The van der Waals surface area contributed by atoms with E-state index in [-0.39, 0.29) is 0 Å². The van der Waals surface area contributed by atoms with Gasteiger partial charge in [-0.05, 0) is 0 Å². The van der Waals surface area contributed by atoms with Crippen molar-refractivity contribution in [1.82, 2.24) is 0 Å². The van der Waals surface area contributed by atoms with E-state index in [4.69, 9.17) is 4.55 Å². The summed E-state index contributed by atoms with van der Waals surface area (Å²) in [5.41, 5.74) is 0.457. The Balaban J connectivity index is 0. The molecular formula is C16H21F17NO3S+. The van der Waals surface area contributed by atoms with Crippen LogP contribution in [0.1, 0.15) is 20.8 Å². The van der Waals surface area contributed by atoms with Gasteiger partial charge in [0.2, 0.25) is 0 Å². The lowest BCUT2D eigenvalue weighted by atomic mass is 9.91. The van der Waals surface area contributed by atoms with Crippen molar-refractivity contribution in [3.63, 3.8) is 0 Å². The number of hydrogen-bond acceptors (Lipinski definition) is 2. The normalized spacial score (nSPS) is 16.2. The Morgan fingerprint density at radius 1 is 0.526 bits per heavy atom. The lowest BCUT2D eigenvalue weighted by molar-refractivity contribution is -0.876. The molecule has 0 radical (unpaired) electrons. The summed E-state index contributed by atoms with van der Waals surface area (Å²) in [6.45, 7) is 8.05. The van der Waals surface area contributed by atoms with Gasteiger partial charge in [0.25, 0.3) is 0 Å². The molecule has 0 aromatic heterocycles. The molecule has 0 aliphatic carbocycles. The van der Waals surface area contributed by atoms with Crippen molar-refractivity contribution < 1.29 is 92.1 Å². The summed E-state index contributed by atoms with van der Waals surface area (Å²) in [5, 5.41) is -7.84. The van der Waals surface area contributed by atoms with Crippen molar-refractivity contribution in [1.29, 1.82) is 0 Å². The van der Waals surface area contributed by atoms with E-state index in [1.54, 1.807) is 0 Å². The van der Waals surface area contributed by atoms with Crippen LogP contribution in [0.4, 0.5) is 74.6 Å². The maximum atomic E-state index is 13.0. The van der Waals surface area contributed by atoms with Gasteiger partial charge in [-0.2, -0.15) is 83.1 Å². The third kappa shape index (κ3) is 6.69. The van der Waals surface area contributed by atoms with Gasteiger partial charge in [-0.1, -0.05) is 20.8 Å². The number of rotatable bonds is 8. The van der Waals surface area contributed by atoms with Gasteiger partial charge in [-0.15, -0.1) is 0 Å². The van der Waals surface area contributed by atoms with Crippen molar-refractivity contribution in [2.75, 3.05) is 27.7 Å². The van der Waals surface area contributed by atoms with Gasteiger partial charge in [0, 0.05) is 5.41 Å². The van der Waals surface area contributed by atoms with Gasteiger partial charge < -0.3 is 4.48 Å². The van der Waals surface area contributed by atoms with Crippen LogP contribution in [0.2, 0.25) is 0 Å². The van der Waals surface area contributed by atoms with E-state index in [9.17, 15) is 83.1 Å². The lowest BCUT2D eigenvalue weighted by Gasteiger charge is -2.42. The number of halogens is 17. The molecular weight excluding hydrogens is 609 g/mol. The molecule has 0 aliphatic rings. The second-order valence-corrected chi connectivity index (χ2v) is 11.4. The van der Waals surface area contributed by atoms with Crippen LogP contribution < -0.4 is 0 Å². The highest BCUT2D eigenvalue weighted by Gasteiger charge is 2.96. The summed E-state index contributed by atoms with van der Waals surface area (Å²) in [6.07, 6.45) is -7.88. The van der Waals surface area contributed by atoms with Crippen molar-refractivity contribution in [3.8, 4) is 0 Å². The molecule has 0 amide bonds. The predicted molar refractivity (Wildman–Crippen MR) is 94.6 cm³/mol. The van der Waals surface area contributed by atoms with Crippen LogP contribution in [0.15, 0.2) is 0 Å². The van der Waals surface area contributed by atoms with Gasteiger partial charge in [0.1, 0.15) is 0 Å². The number of alkyl halides is 17. The largest absolute Gasteiger partial charge is 0.460 e. The van der Waals surface area contributed by atoms with Crippen LogP contribution in [0.25, 0.3) is 0 Å². The van der Waals surface area contributed by atoms with E-state index in [1.807, 2.05) is 0 Å². The van der Waals surface area contributed by atoms with Gasteiger partial charge in [0.15, 0.2) is 0 Å². The van der Waals surface area contributed by atoms with Gasteiger partial charge in [-0.3, -0.25) is 4.55 Å². The highest BCUT2D eigenvalue weighted by atomic mass is 32.2. The first-order valence-corrected chi connectivity index (χ1v) is 10.6. The van der Waals surface area contributed by atoms with Gasteiger partial charge >= 0.3 is 57.1 Å². The summed E-state index contributed by atoms with van der Waals surface area (Å²) >= 11 is 0. The minimum atomic E-state index is -8.89. The molecule has 0 rings (SSSR count). The lowest BCUT2D eigenvalue weighted by Crippen LogP contribution is -2.74. The Morgan fingerprint density at radius 2 is 0.763 bits per heavy atom. The monoisotopic (exact) mass is 630 g/mol. The standard InChI is InChI=1S/C8HF17O3S.C8H20N/c9-1(10,3(13,14)5(17,18)7(21,22)23)2(11,12)4(15,16)6(19,20)8(24,25)29(26,27)28;1-8(2,3)7-9(4,5)6/h(H,26,27,28);7H2,1-6H3/q;+1. The molecule has 0 heterocycles. The Hall–Kier alpha value is -1.32. The van der Waals surface area contributed by atoms with Gasteiger partial charge in [-0.25, -0.2) is 0 Å². The number of hydrogen-bond donors (Lipinski definition) is 1. The van der Waals surface area contributed by atoms with Gasteiger partial charge in [0.05, 0.1) is 27.7 Å². The first-order valence-electron chi connectivity index (χ1n) is 9.19. The highest BCUT2D eigenvalue weighted by Crippen LogP contribution is 2.64. The third-order valence-corrected chi connectivity index (χ3v) is 4.87. The fourth-order valence-electron chi connectivity index (χ4n) is 2.73. The van der Waals surface area contributed by atoms with Crippen LogP contribution in [0.5, 0.6) is 0 Å². The van der Waals surface area contributed by atoms with Crippen LogP contribution in [-0.2, 0) is 10.1 Å². The Kier molecular flexibility index (Phi) is 10.2. The molecule has 0 aromatic carbocycles.